The lowest BCUT2D eigenvalue weighted by atomic mass is 10.4. The molecular formula is C11H20N4S. The first kappa shape index (κ1) is 13.1. The van der Waals surface area contributed by atoms with Crippen molar-refractivity contribution in [3.05, 3.63) is 12.4 Å². The van der Waals surface area contributed by atoms with Gasteiger partial charge >= 0.3 is 0 Å². The van der Waals surface area contributed by atoms with Crippen molar-refractivity contribution in [3.63, 3.8) is 0 Å². The summed E-state index contributed by atoms with van der Waals surface area (Å²) in [6.07, 6.45) is 6.77. The maximum absolute atomic E-state index is 4.51. The van der Waals surface area contributed by atoms with Crippen LogP contribution in [0.2, 0.25) is 0 Å². The molecule has 0 spiro atoms. The van der Waals surface area contributed by atoms with Crippen LogP contribution in [-0.2, 0) is 0 Å². The fourth-order valence-electron chi connectivity index (χ4n) is 1.22. The highest BCUT2D eigenvalue weighted by molar-refractivity contribution is 7.98. The quantitative estimate of drug-likeness (QED) is 0.790. The summed E-state index contributed by atoms with van der Waals surface area (Å²) in [5.74, 6) is 2.88. The zero-order chi connectivity index (χ0) is 11.8. The SMILES string of the molecule is CCCNc1cncc(N(C)CCSC)n1. The van der Waals surface area contributed by atoms with Gasteiger partial charge in [0.2, 0.25) is 0 Å². The number of hydrogen-bond acceptors (Lipinski definition) is 5. The molecule has 5 heteroatoms. The van der Waals surface area contributed by atoms with Crippen molar-refractivity contribution in [2.24, 2.45) is 0 Å². The fraction of sp³-hybridized carbons (Fsp3) is 0.636. The van der Waals surface area contributed by atoms with Crippen LogP contribution in [0.15, 0.2) is 12.4 Å². The van der Waals surface area contributed by atoms with Gasteiger partial charge in [-0.1, -0.05) is 6.92 Å². The molecule has 0 aliphatic heterocycles. The minimum absolute atomic E-state index is 0.857. The molecule has 0 radical (unpaired) electrons. The van der Waals surface area contributed by atoms with Gasteiger partial charge in [0.15, 0.2) is 0 Å². The summed E-state index contributed by atoms with van der Waals surface area (Å²) in [5, 5.41) is 3.24. The Morgan fingerprint density at radius 1 is 1.44 bits per heavy atom. The third-order valence-electron chi connectivity index (χ3n) is 2.20. The Bertz CT molecular complexity index is 306. The van der Waals surface area contributed by atoms with Crippen LogP contribution in [0.3, 0.4) is 0 Å². The molecule has 0 aliphatic rings. The molecule has 0 saturated carbocycles. The van der Waals surface area contributed by atoms with Crippen molar-refractivity contribution in [1.29, 1.82) is 0 Å². The van der Waals surface area contributed by atoms with Gasteiger partial charge < -0.3 is 10.2 Å². The molecule has 0 aromatic carbocycles. The molecule has 0 unspecified atom stereocenters. The van der Waals surface area contributed by atoms with Gasteiger partial charge in [0.1, 0.15) is 11.6 Å². The minimum atomic E-state index is 0.857. The van der Waals surface area contributed by atoms with E-state index in [1.807, 2.05) is 18.8 Å². The monoisotopic (exact) mass is 240 g/mol. The molecule has 1 aromatic rings. The Morgan fingerprint density at radius 3 is 2.94 bits per heavy atom. The average molecular weight is 240 g/mol. The molecular weight excluding hydrogens is 220 g/mol. The van der Waals surface area contributed by atoms with Crippen LogP contribution in [0.4, 0.5) is 11.6 Å². The first-order valence-corrected chi connectivity index (χ1v) is 6.93. The molecule has 1 rings (SSSR count). The van der Waals surface area contributed by atoms with Gasteiger partial charge in [-0.2, -0.15) is 11.8 Å². The second-order valence-electron chi connectivity index (χ2n) is 3.60. The lowest BCUT2D eigenvalue weighted by Gasteiger charge is -2.17. The Hall–Kier alpha value is -0.970. The number of anilines is 2. The van der Waals surface area contributed by atoms with E-state index in [9.17, 15) is 0 Å². The smallest absolute Gasteiger partial charge is 0.149 e. The highest BCUT2D eigenvalue weighted by Crippen LogP contribution is 2.11. The van der Waals surface area contributed by atoms with Crippen molar-refractivity contribution < 1.29 is 0 Å². The summed E-state index contributed by atoms with van der Waals surface area (Å²) < 4.78 is 0. The Morgan fingerprint density at radius 2 is 2.25 bits per heavy atom. The van der Waals surface area contributed by atoms with Crippen LogP contribution in [0.5, 0.6) is 0 Å². The van der Waals surface area contributed by atoms with Crippen LogP contribution in [0.1, 0.15) is 13.3 Å². The molecule has 90 valence electrons. The fourth-order valence-corrected chi connectivity index (χ4v) is 1.68. The molecule has 0 atom stereocenters. The van der Waals surface area contributed by atoms with Crippen LogP contribution < -0.4 is 10.2 Å². The number of nitrogens with zero attached hydrogens (tertiary/aromatic N) is 3. The second kappa shape index (κ2) is 7.33. The van der Waals surface area contributed by atoms with Gasteiger partial charge in [-0.3, -0.25) is 4.98 Å². The number of hydrogen-bond donors (Lipinski definition) is 1. The van der Waals surface area contributed by atoms with Crippen LogP contribution in [0.25, 0.3) is 0 Å². The summed E-state index contributed by atoms with van der Waals surface area (Å²) in [4.78, 5) is 10.8. The molecule has 1 N–H and O–H groups in total. The van der Waals surface area contributed by atoms with Crippen molar-refractivity contribution in [3.8, 4) is 0 Å². The van der Waals surface area contributed by atoms with Crippen molar-refractivity contribution in [2.75, 3.05) is 42.4 Å². The van der Waals surface area contributed by atoms with Crippen molar-refractivity contribution in [1.82, 2.24) is 9.97 Å². The van der Waals surface area contributed by atoms with E-state index in [-0.39, 0.29) is 0 Å². The Labute approximate surface area is 102 Å². The third kappa shape index (κ3) is 4.26. The lowest BCUT2D eigenvalue weighted by Crippen LogP contribution is -2.21. The standard InChI is InChI=1S/C11H20N4S/c1-4-5-13-10-8-12-9-11(14-10)15(2)6-7-16-3/h8-9H,4-7H2,1-3H3,(H,13,14). The number of nitrogens with one attached hydrogen (secondary N) is 1. The van der Waals surface area contributed by atoms with E-state index >= 15 is 0 Å². The van der Waals surface area contributed by atoms with Crippen LogP contribution in [0, 0.1) is 0 Å². The van der Waals surface area contributed by atoms with E-state index in [0.29, 0.717) is 0 Å². The summed E-state index contributed by atoms with van der Waals surface area (Å²) in [5.41, 5.74) is 0. The van der Waals surface area contributed by atoms with Gasteiger partial charge in [0.25, 0.3) is 0 Å². The molecule has 1 heterocycles. The molecule has 0 aliphatic carbocycles. The van der Waals surface area contributed by atoms with Crippen molar-refractivity contribution in [2.45, 2.75) is 13.3 Å². The predicted octanol–water partition coefficient (Wildman–Crippen LogP) is 2.10. The minimum Gasteiger partial charge on any atom is -0.369 e. The summed E-state index contributed by atoms with van der Waals surface area (Å²) in [7, 11) is 2.05. The van der Waals surface area contributed by atoms with Gasteiger partial charge in [0, 0.05) is 25.9 Å². The number of rotatable bonds is 7. The first-order valence-electron chi connectivity index (χ1n) is 5.54. The van der Waals surface area contributed by atoms with E-state index in [2.05, 4.69) is 33.4 Å². The summed E-state index contributed by atoms with van der Waals surface area (Å²) >= 11 is 1.84. The van der Waals surface area contributed by atoms with E-state index in [4.69, 9.17) is 0 Å². The van der Waals surface area contributed by atoms with E-state index in [1.165, 1.54) is 0 Å². The normalized spacial score (nSPS) is 10.2. The van der Waals surface area contributed by atoms with Gasteiger partial charge in [0.05, 0.1) is 12.4 Å². The highest BCUT2D eigenvalue weighted by Gasteiger charge is 2.03. The lowest BCUT2D eigenvalue weighted by molar-refractivity contribution is 0.923. The largest absolute Gasteiger partial charge is 0.369 e. The first-order chi connectivity index (χ1) is 7.77. The van der Waals surface area contributed by atoms with E-state index in [1.54, 1.807) is 12.4 Å². The molecule has 1 aromatic heterocycles. The van der Waals surface area contributed by atoms with Crippen LogP contribution in [-0.4, -0.2) is 42.1 Å². The van der Waals surface area contributed by atoms with Crippen LogP contribution >= 0.6 is 11.8 Å². The van der Waals surface area contributed by atoms with E-state index < -0.39 is 0 Å². The second-order valence-corrected chi connectivity index (χ2v) is 4.59. The van der Waals surface area contributed by atoms with Gasteiger partial charge in [-0.05, 0) is 12.7 Å². The molecule has 0 bridgehead atoms. The van der Waals surface area contributed by atoms with Gasteiger partial charge in [-0.15, -0.1) is 0 Å². The average Bonchev–Trinajstić information content (AvgIpc) is 2.33. The summed E-state index contributed by atoms with van der Waals surface area (Å²) in [6.45, 7) is 4.06. The molecule has 0 saturated heterocycles. The number of thioether (sulfide) groups is 1. The highest BCUT2D eigenvalue weighted by atomic mass is 32.2. The van der Waals surface area contributed by atoms with Crippen molar-refractivity contribution >= 4 is 23.4 Å². The molecule has 0 amide bonds. The topological polar surface area (TPSA) is 41.1 Å². The van der Waals surface area contributed by atoms with E-state index in [0.717, 1.165) is 36.9 Å². The zero-order valence-corrected chi connectivity index (χ0v) is 11.0. The molecule has 0 fully saturated rings. The zero-order valence-electron chi connectivity index (χ0n) is 10.2. The Kier molecular flexibility index (Phi) is 6.00. The van der Waals surface area contributed by atoms with Gasteiger partial charge in [-0.25, -0.2) is 4.98 Å². The molecule has 4 nitrogen and oxygen atoms in total. The maximum atomic E-state index is 4.51. The third-order valence-corrected chi connectivity index (χ3v) is 2.79. The predicted molar refractivity (Wildman–Crippen MR) is 72.5 cm³/mol. The Balaban J connectivity index is 2.58. The number of aromatic nitrogens is 2. The maximum Gasteiger partial charge on any atom is 0.149 e. The summed E-state index contributed by atoms with van der Waals surface area (Å²) in [6, 6.07) is 0. The molecule has 16 heavy (non-hydrogen) atoms.